The first-order valence-corrected chi connectivity index (χ1v) is 7.05. The average molecular weight is 327 g/mol. The van der Waals surface area contributed by atoms with Crippen molar-refractivity contribution in [2.75, 3.05) is 6.54 Å². The number of halogens is 1. The highest BCUT2D eigenvalue weighted by Gasteiger charge is 2.27. The Balaban J connectivity index is 0.00000242. The molecule has 122 valence electrons. The maximum absolute atomic E-state index is 12.3. The Labute approximate surface area is 136 Å². The van der Waals surface area contributed by atoms with Crippen LogP contribution in [0.4, 0.5) is 0 Å². The Hall–Kier alpha value is -1.79. The number of nitrogens with one attached hydrogen (secondary N) is 2. The van der Waals surface area contributed by atoms with E-state index in [1.54, 1.807) is 24.5 Å². The second kappa shape index (κ2) is 7.47. The van der Waals surface area contributed by atoms with Crippen molar-refractivity contribution >= 4 is 18.3 Å². The number of hydrogen-bond acceptors (Lipinski definition) is 4. The van der Waals surface area contributed by atoms with E-state index in [1.807, 2.05) is 6.92 Å². The molecule has 0 aliphatic carbocycles. The minimum absolute atomic E-state index is 0. The number of nitrogens with two attached hydrogens (primary N) is 1. The summed E-state index contributed by atoms with van der Waals surface area (Å²) in [6, 6.07) is 5.25. The molecule has 0 aromatic carbocycles. The normalized spacial score (nSPS) is 13.5. The molecule has 2 aromatic heterocycles. The fourth-order valence-corrected chi connectivity index (χ4v) is 2.42. The minimum Gasteiger partial charge on any atom is -0.463 e. The predicted molar refractivity (Wildman–Crippen MR) is 87.9 cm³/mol. The zero-order valence-electron chi connectivity index (χ0n) is 13.1. The molecule has 1 unspecified atom stereocenters. The van der Waals surface area contributed by atoms with Gasteiger partial charge in [-0.3, -0.25) is 9.89 Å². The molecule has 0 spiro atoms. The van der Waals surface area contributed by atoms with Gasteiger partial charge in [0.15, 0.2) is 11.5 Å². The van der Waals surface area contributed by atoms with Gasteiger partial charge in [-0.25, -0.2) is 0 Å². The van der Waals surface area contributed by atoms with E-state index < -0.39 is 5.54 Å². The second-order valence-corrected chi connectivity index (χ2v) is 5.96. The zero-order valence-corrected chi connectivity index (χ0v) is 13.9. The third-order valence-electron chi connectivity index (χ3n) is 3.32. The number of aromatic amines is 1. The molecule has 0 aliphatic rings. The lowest BCUT2D eigenvalue weighted by atomic mass is 9.90. The topological polar surface area (TPSA) is 96.9 Å². The number of rotatable bonds is 6. The van der Waals surface area contributed by atoms with Crippen LogP contribution < -0.4 is 11.1 Å². The lowest BCUT2D eigenvalue weighted by Crippen LogP contribution is -2.52. The van der Waals surface area contributed by atoms with Gasteiger partial charge in [-0.2, -0.15) is 5.10 Å². The van der Waals surface area contributed by atoms with E-state index in [-0.39, 0.29) is 18.3 Å². The predicted octanol–water partition coefficient (Wildman–Crippen LogP) is 2.58. The summed E-state index contributed by atoms with van der Waals surface area (Å²) < 4.78 is 5.26. The zero-order chi connectivity index (χ0) is 15.5. The van der Waals surface area contributed by atoms with Crippen LogP contribution in [0.1, 0.15) is 37.7 Å². The summed E-state index contributed by atoms with van der Waals surface area (Å²) >= 11 is 0. The highest BCUT2D eigenvalue weighted by molar-refractivity contribution is 5.93. The van der Waals surface area contributed by atoms with Crippen LogP contribution in [0.15, 0.2) is 28.9 Å². The number of H-pyrrole nitrogens is 1. The Morgan fingerprint density at radius 2 is 2.27 bits per heavy atom. The Kier molecular flexibility index (Phi) is 6.20. The van der Waals surface area contributed by atoms with Crippen molar-refractivity contribution < 1.29 is 9.21 Å². The third kappa shape index (κ3) is 4.35. The molecule has 4 N–H and O–H groups in total. The quantitative estimate of drug-likeness (QED) is 0.760. The Morgan fingerprint density at radius 3 is 2.82 bits per heavy atom. The molecular weight excluding hydrogens is 304 g/mol. The van der Waals surface area contributed by atoms with E-state index in [1.165, 1.54) is 0 Å². The van der Waals surface area contributed by atoms with Crippen LogP contribution >= 0.6 is 12.4 Å². The first-order chi connectivity index (χ1) is 9.93. The van der Waals surface area contributed by atoms with Gasteiger partial charge in [-0.15, -0.1) is 12.4 Å². The van der Waals surface area contributed by atoms with Crippen LogP contribution in [-0.2, 0) is 0 Å². The summed E-state index contributed by atoms with van der Waals surface area (Å²) in [5.74, 6) is 0.847. The fourth-order valence-electron chi connectivity index (χ4n) is 2.42. The molecule has 0 saturated heterocycles. The molecular formula is C15H23ClN4O2. The average Bonchev–Trinajstić information content (AvgIpc) is 3.08. The molecule has 6 nitrogen and oxygen atoms in total. The van der Waals surface area contributed by atoms with Gasteiger partial charge in [0.05, 0.1) is 11.8 Å². The van der Waals surface area contributed by atoms with Crippen LogP contribution in [0.25, 0.3) is 11.5 Å². The van der Waals surface area contributed by atoms with Crippen LogP contribution in [0, 0.1) is 5.92 Å². The van der Waals surface area contributed by atoms with E-state index in [0.717, 1.165) is 6.42 Å². The standard InChI is InChI=1S/C15H22N4O2.ClH/c1-10(2)8-15(3,9-16)17-14(20)12-7-11(18-19-12)13-5-4-6-21-13;/h4-7,10H,8-9,16H2,1-3H3,(H,17,20)(H,18,19);1H. The smallest absolute Gasteiger partial charge is 0.272 e. The first-order valence-electron chi connectivity index (χ1n) is 7.05. The van der Waals surface area contributed by atoms with Crippen molar-refractivity contribution in [3.8, 4) is 11.5 Å². The van der Waals surface area contributed by atoms with Crippen molar-refractivity contribution in [3.05, 3.63) is 30.2 Å². The highest BCUT2D eigenvalue weighted by Crippen LogP contribution is 2.19. The van der Waals surface area contributed by atoms with E-state index in [4.69, 9.17) is 10.2 Å². The largest absolute Gasteiger partial charge is 0.463 e. The molecule has 1 atom stereocenters. The molecule has 0 bridgehead atoms. The molecule has 0 aliphatic heterocycles. The molecule has 1 amide bonds. The summed E-state index contributed by atoms with van der Waals surface area (Å²) in [6.45, 7) is 6.53. The molecule has 22 heavy (non-hydrogen) atoms. The number of furan rings is 1. The lowest BCUT2D eigenvalue weighted by molar-refractivity contribution is 0.0893. The van der Waals surface area contributed by atoms with Crippen LogP contribution in [0.5, 0.6) is 0 Å². The van der Waals surface area contributed by atoms with E-state index >= 15 is 0 Å². The van der Waals surface area contributed by atoms with Crippen LogP contribution in [0.2, 0.25) is 0 Å². The summed E-state index contributed by atoms with van der Waals surface area (Å²) in [4.78, 5) is 12.3. The SMILES string of the molecule is CC(C)CC(C)(CN)NC(=O)c1cc(-c2ccco2)[nH]n1.Cl. The van der Waals surface area contributed by atoms with Crippen LogP contribution in [0.3, 0.4) is 0 Å². The lowest BCUT2D eigenvalue weighted by Gasteiger charge is -2.30. The third-order valence-corrected chi connectivity index (χ3v) is 3.32. The Bertz CT molecular complexity index is 594. The van der Waals surface area contributed by atoms with Crippen molar-refractivity contribution in [1.82, 2.24) is 15.5 Å². The summed E-state index contributed by atoms with van der Waals surface area (Å²) in [5.41, 5.74) is 6.36. The number of nitrogens with zero attached hydrogens (tertiary/aromatic N) is 1. The van der Waals surface area contributed by atoms with E-state index in [9.17, 15) is 4.79 Å². The molecule has 0 fully saturated rings. The van der Waals surface area contributed by atoms with Gasteiger partial charge >= 0.3 is 0 Å². The number of carbonyl (C=O) groups is 1. The second-order valence-electron chi connectivity index (χ2n) is 5.96. The summed E-state index contributed by atoms with van der Waals surface area (Å²) in [6.07, 6.45) is 2.38. The van der Waals surface area contributed by atoms with Gasteiger partial charge in [-0.05, 0) is 31.4 Å². The van der Waals surface area contributed by atoms with Crippen molar-refractivity contribution in [1.29, 1.82) is 0 Å². The maximum atomic E-state index is 12.3. The highest BCUT2D eigenvalue weighted by atomic mass is 35.5. The monoisotopic (exact) mass is 326 g/mol. The Morgan fingerprint density at radius 1 is 1.55 bits per heavy atom. The first kappa shape index (κ1) is 18.3. The minimum atomic E-state index is -0.435. The van der Waals surface area contributed by atoms with Gasteiger partial charge in [-0.1, -0.05) is 13.8 Å². The van der Waals surface area contributed by atoms with Crippen molar-refractivity contribution in [2.45, 2.75) is 32.7 Å². The molecule has 2 heterocycles. The summed E-state index contributed by atoms with van der Waals surface area (Å²) in [5, 5.41) is 9.80. The fraction of sp³-hybridized carbons (Fsp3) is 0.467. The molecule has 0 saturated carbocycles. The molecule has 2 rings (SSSR count). The van der Waals surface area contributed by atoms with Crippen molar-refractivity contribution in [2.24, 2.45) is 11.7 Å². The number of carbonyl (C=O) groups excluding carboxylic acids is 1. The van der Waals surface area contributed by atoms with Crippen LogP contribution in [-0.4, -0.2) is 28.2 Å². The number of amides is 1. The van der Waals surface area contributed by atoms with Gasteiger partial charge < -0.3 is 15.5 Å². The van der Waals surface area contributed by atoms with E-state index in [2.05, 4.69) is 29.4 Å². The van der Waals surface area contributed by atoms with Gasteiger partial charge in [0.25, 0.3) is 5.91 Å². The number of aromatic nitrogens is 2. The van der Waals surface area contributed by atoms with Gasteiger partial charge in [0.1, 0.15) is 5.69 Å². The van der Waals surface area contributed by atoms with Crippen molar-refractivity contribution in [3.63, 3.8) is 0 Å². The van der Waals surface area contributed by atoms with Gasteiger partial charge in [0, 0.05) is 12.6 Å². The molecule has 7 heteroatoms. The molecule has 2 aromatic rings. The van der Waals surface area contributed by atoms with E-state index in [0.29, 0.717) is 29.6 Å². The molecule has 0 radical (unpaired) electrons. The number of hydrogen-bond donors (Lipinski definition) is 3. The van der Waals surface area contributed by atoms with Gasteiger partial charge in [0.2, 0.25) is 0 Å². The maximum Gasteiger partial charge on any atom is 0.272 e. The summed E-state index contributed by atoms with van der Waals surface area (Å²) in [7, 11) is 0.